The summed E-state index contributed by atoms with van der Waals surface area (Å²) in [5, 5.41) is 3.63. The second-order valence-electron chi connectivity index (χ2n) is 5.82. The van der Waals surface area contributed by atoms with E-state index in [1.54, 1.807) is 0 Å². The normalized spacial score (nSPS) is 19.2. The van der Waals surface area contributed by atoms with Crippen molar-refractivity contribution in [3.05, 3.63) is 18.2 Å². The van der Waals surface area contributed by atoms with Crippen molar-refractivity contribution < 1.29 is 4.74 Å². The Hall–Kier alpha value is -0.910. The van der Waals surface area contributed by atoms with Crippen LogP contribution in [0, 0.1) is 0 Å². The van der Waals surface area contributed by atoms with Gasteiger partial charge < -0.3 is 14.6 Å². The van der Waals surface area contributed by atoms with Gasteiger partial charge in [-0.1, -0.05) is 6.92 Å². The molecule has 0 spiro atoms. The summed E-state index contributed by atoms with van der Waals surface area (Å²) in [6.07, 6.45) is 3.97. The maximum atomic E-state index is 5.49. The predicted molar refractivity (Wildman–Crippen MR) is 80.8 cm³/mol. The number of likely N-dealkylation sites (N-methyl/N-ethyl adjacent to an activating group) is 1. The van der Waals surface area contributed by atoms with E-state index in [1.165, 1.54) is 0 Å². The molecule has 0 saturated carbocycles. The Morgan fingerprint density at radius 1 is 1.35 bits per heavy atom. The van der Waals surface area contributed by atoms with Crippen LogP contribution >= 0.6 is 0 Å². The quantitative estimate of drug-likeness (QED) is 0.860. The number of rotatable bonds is 6. The second-order valence-corrected chi connectivity index (χ2v) is 5.82. The highest BCUT2D eigenvalue weighted by atomic mass is 16.5. The molecule has 5 heteroatoms. The fraction of sp³-hybridized carbons (Fsp3) is 0.800. The number of nitrogens with zero attached hydrogens (tertiary/aromatic N) is 3. The van der Waals surface area contributed by atoms with E-state index in [9.17, 15) is 0 Å². The molecular formula is C15H28N4O. The topological polar surface area (TPSA) is 42.3 Å². The SMILES string of the molecule is CCNC(c1nccn1CC)C(C)(C)N1CCOCC1. The molecular weight excluding hydrogens is 252 g/mol. The molecule has 0 bridgehead atoms. The molecule has 1 N–H and O–H groups in total. The van der Waals surface area contributed by atoms with E-state index in [-0.39, 0.29) is 11.6 Å². The molecule has 1 aromatic rings. The molecule has 114 valence electrons. The fourth-order valence-electron chi connectivity index (χ4n) is 3.03. The lowest BCUT2D eigenvalue weighted by atomic mass is 9.90. The highest BCUT2D eigenvalue weighted by Crippen LogP contribution is 2.31. The molecule has 2 rings (SSSR count). The summed E-state index contributed by atoms with van der Waals surface area (Å²) < 4.78 is 7.72. The van der Waals surface area contributed by atoms with Crippen molar-refractivity contribution in [1.82, 2.24) is 19.8 Å². The van der Waals surface area contributed by atoms with Crippen LogP contribution in [-0.2, 0) is 11.3 Å². The molecule has 0 aliphatic carbocycles. The zero-order chi connectivity index (χ0) is 14.6. The number of nitrogens with one attached hydrogen (secondary N) is 1. The fourth-order valence-corrected chi connectivity index (χ4v) is 3.03. The number of imidazole rings is 1. The Morgan fingerprint density at radius 3 is 2.65 bits per heavy atom. The van der Waals surface area contributed by atoms with Gasteiger partial charge in [-0.25, -0.2) is 4.98 Å². The number of hydrogen-bond donors (Lipinski definition) is 1. The second kappa shape index (κ2) is 6.70. The zero-order valence-corrected chi connectivity index (χ0v) is 13.2. The van der Waals surface area contributed by atoms with Crippen molar-refractivity contribution in [2.24, 2.45) is 0 Å². The molecule has 1 aliphatic rings. The summed E-state index contributed by atoms with van der Waals surface area (Å²) in [6.45, 7) is 14.4. The first-order valence-electron chi connectivity index (χ1n) is 7.68. The molecule has 0 amide bonds. The largest absolute Gasteiger partial charge is 0.379 e. The third kappa shape index (κ3) is 3.05. The summed E-state index contributed by atoms with van der Waals surface area (Å²) >= 11 is 0. The zero-order valence-electron chi connectivity index (χ0n) is 13.2. The minimum Gasteiger partial charge on any atom is -0.379 e. The summed E-state index contributed by atoms with van der Waals surface area (Å²) in [7, 11) is 0. The van der Waals surface area contributed by atoms with Crippen LogP contribution < -0.4 is 5.32 Å². The number of aromatic nitrogens is 2. The number of hydrogen-bond acceptors (Lipinski definition) is 4. The Bertz CT molecular complexity index is 410. The maximum Gasteiger partial charge on any atom is 0.127 e. The average Bonchev–Trinajstić information content (AvgIpc) is 2.93. The first-order chi connectivity index (χ1) is 9.61. The summed E-state index contributed by atoms with van der Waals surface area (Å²) in [5.41, 5.74) is 0.0120. The summed E-state index contributed by atoms with van der Waals surface area (Å²) in [4.78, 5) is 7.12. The molecule has 1 saturated heterocycles. The molecule has 1 atom stereocenters. The predicted octanol–water partition coefficient (Wildman–Crippen LogP) is 1.66. The number of morpholine rings is 1. The van der Waals surface area contributed by atoms with E-state index in [0.717, 1.165) is 45.2 Å². The lowest BCUT2D eigenvalue weighted by Crippen LogP contribution is -2.56. The molecule has 20 heavy (non-hydrogen) atoms. The number of ether oxygens (including phenoxy) is 1. The van der Waals surface area contributed by atoms with Gasteiger partial charge in [-0.2, -0.15) is 0 Å². The van der Waals surface area contributed by atoms with Crippen molar-refractivity contribution in [3.8, 4) is 0 Å². The molecule has 1 aromatic heterocycles. The summed E-state index contributed by atoms with van der Waals surface area (Å²) in [5.74, 6) is 1.13. The minimum absolute atomic E-state index is 0.0120. The van der Waals surface area contributed by atoms with Crippen molar-refractivity contribution >= 4 is 0 Å². The minimum atomic E-state index is 0.0120. The smallest absolute Gasteiger partial charge is 0.127 e. The van der Waals surface area contributed by atoms with E-state index < -0.39 is 0 Å². The molecule has 1 unspecified atom stereocenters. The van der Waals surface area contributed by atoms with Gasteiger partial charge >= 0.3 is 0 Å². The third-order valence-electron chi connectivity index (χ3n) is 4.29. The van der Waals surface area contributed by atoms with Crippen LogP contribution in [0.2, 0.25) is 0 Å². The lowest BCUT2D eigenvalue weighted by Gasteiger charge is -2.45. The van der Waals surface area contributed by atoms with Crippen LogP contribution in [0.15, 0.2) is 12.4 Å². The van der Waals surface area contributed by atoms with Gasteiger partial charge in [0.25, 0.3) is 0 Å². The van der Waals surface area contributed by atoms with Crippen LogP contribution in [0.3, 0.4) is 0 Å². The van der Waals surface area contributed by atoms with Gasteiger partial charge in [-0.15, -0.1) is 0 Å². The van der Waals surface area contributed by atoms with Crippen LogP contribution in [-0.4, -0.2) is 52.8 Å². The van der Waals surface area contributed by atoms with Gasteiger partial charge in [-0.05, 0) is 27.3 Å². The first-order valence-corrected chi connectivity index (χ1v) is 7.68. The Balaban J connectivity index is 2.26. The van der Waals surface area contributed by atoms with E-state index >= 15 is 0 Å². The van der Waals surface area contributed by atoms with E-state index in [0.29, 0.717) is 0 Å². The van der Waals surface area contributed by atoms with Crippen LogP contribution in [0.5, 0.6) is 0 Å². The third-order valence-corrected chi connectivity index (χ3v) is 4.29. The molecule has 5 nitrogen and oxygen atoms in total. The van der Waals surface area contributed by atoms with Gasteiger partial charge in [0.15, 0.2) is 0 Å². The molecule has 1 aliphatic heterocycles. The maximum absolute atomic E-state index is 5.49. The van der Waals surface area contributed by atoms with Crippen LogP contribution in [0.25, 0.3) is 0 Å². The van der Waals surface area contributed by atoms with Crippen LogP contribution in [0.4, 0.5) is 0 Å². The van der Waals surface area contributed by atoms with Gasteiger partial charge in [0, 0.05) is 37.6 Å². The van der Waals surface area contributed by atoms with Crippen molar-refractivity contribution in [2.45, 2.75) is 45.8 Å². The number of aryl methyl sites for hydroxylation is 1. The molecule has 0 radical (unpaired) electrons. The average molecular weight is 280 g/mol. The van der Waals surface area contributed by atoms with E-state index in [2.05, 4.69) is 53.7 Å². The van der Waals surface area contributed by atoms with Crippen molar-refractivity contribution in [2.75, 3.05) is 32.8 Å². The van der Waals surface area contributed by atoms with E-state index in [1.807, 2.05) is 6.20 Å². The van der Waals surface area contributed by atoms with Gasteiger partial charge in [0.2, 0.25) is 0 Å². The monoisotopic (exact) mass is 280 g/mol. The highest BCUT2D eigenvalue weighted by molar-refractivity contribution is 5.09. The molecule has 0 aromatic carbocycles. The first kappa shape index (κ1) is 15.5. The van der Waals surface area contributed by atoms with E-state index in [4.69, 9.17) is 4.74 Å². The van der Waals surface area contributed by atoms with Gasteiger partial charge in [0.1, 0.15) is 5.82 Å². The Labute approximate surface area is 122 Å². The highest BCUT2D eigenvalue weighted by Gasteiger charge is 2.38. The van der Waals surface area contributed by atoms with Gasteiger partial charge in [-0.3, -0.25) is 4.90 Å². The van der Waals surface area contributed by atoms with Crippen LogP contribution in [0.1, 0.15) is 39.6 Å². The van der Waals surface area contributed by atoms with Gasteiger partial charge in [0.05, 0.1) is 19.3 Å². The Morgan fingerprint density at radius 2 is 2.05 bits per heavy atom. The van der Waals surface area contributed by atoms with Crippen molar-refractivity contribution in [1.29, 1.82) is 0 Å². The van der Waals surface area contributed by atoms with Crippen molar-refractivity contribution in [3.63, 3.8) is 0 Å². The lowest BCUT2D eigenvalue weighted by molar-refractivity contribution is -0.0251. The molecule has 2 heterocycles. The molecule has 1 fully saturated rings. The summed E-state index contributed by atoms with van der Waals surface area (Å²) in [6, 6.07) is 0.223. The Kier molecular flexibility index (Phi) is 5.18. The standard InChI is InChI=1S/C15H28N4O/c1-5-16-13(14-17-7-8-18(14)6-2)15(3,4)19-9-11-20-12-10-19/h7-8,13,16H,5-6,9-12H2,1-4H3.